The Hall–Kier alpha value is -1.96. The number of hydrogen-bond acceptors (Lipinski definition) is 2. The highest BCUT2D eigenvalue weighted by Gasteiger charge is 1.98. The van der Waals surface area contributed by atoms with E-state index in [4.69, 9.17) is 10.5 Å². The first kappa shape index (κ1) is 11.5. The van der Waals surface area contributed by atoms with Crippen molar-refractivity contribution in [2.45, 2.75) is 13.3 Å². The number of ether oxygens (including phenoxy) is 1. The summed E-state index contributed by atoms with van der Waals surface area (Å²) in [6.07, 6.45) is 0.834. The average Bonchev–Trinajstić information content (AvgIpc) is 2.34. The third-order valence-corrected chi connectivity index (χ3v) is 2.72. The summed E-state index contributed by atoms with van der Waals surface area (Å²) < 4.78 is 5.66. The Balaban J connectivity index is 1.88. The van der Waals surface area contributed by atoms with Gasteiger partial charge in [-0.1, -0.05) is 35.9 Å². The van der Waals surface area contributed by atoms with E-state index >= 15 is 0 Å². The monoisotopic (exact) mass is 227 g/mol. The third-order valence-electron chi connectivity index (χ3n) is 2.72. The van der Waals surface area contributed by atoms with Gasteiger partial charge in [0, 0.05) is 12.1 Å². The van der Waals surface area contributed by atoms with Gasteiger partial charge in [0.1, 0.15) is 5.75 Å². The van der Waals surface area contributed by atoms with E-state index < -0.39 is 0 Å². The molecule has 0 aliphatic heterocycles. The first-order valence-electron chi connectivity index (χ1n) is 5.78. The molecule has 0 spiro atoms. The smallest absolute Gasteiger partial charge is 0.119 e. The quantitative estimate of drug-likeness (QED) is 0.814. The topological polar surface area (TPSA) is 35.2 Å². The van der Waals surface area contributed by atoms with E-state index in [9.17, 15) is 0 Å². The summed E-state index contributed by atoms with van der Waals surface area (Å²) >= 11 is 0. The summed E-state index contributed by atoms with van der Waals surface area (Å²) in [5, 5.41) is 0. The molecule has 2 N–H and O–H groups in total. The Morgan fingerprint density at radius 2 is 1.71 bits per heavy atom. The molecule has 2 rings (SSSR count). The fraction of sp³-hybridized carbons (Fsp3) is 0.200. The van der Waals surface area contributed by atoms with Crippen molar-refractivity contribution < 1.29 is 4.74 Å². The maximum absolute atomic E-state index is 5.86. The molecule has 2 aromatic carbocycles. The van der Waals surface area contributed by atoms with Crippen LogP contribution in [0, 0.1) is 6.92 Å². The highest BCUT2D eigenvalue weighted by atomic mass is 16.5. The SMILES string of the molecule is Cc1ccc(OCCc2ccccc2N)cc1. The van der Waals surface area contributed by atoms with Gasteiger partial charge in [-0.15, -0.1) is 0 Å². The predicted molar refractivity (Wildman–Crippen MR) is 71.2 cm³/mol. The molecule has 2 aromatic rings. The molecule has 0 bridgehead atoms. The van der Waals surface area contributed by atoms with Crippen molar-refractivity contribution in [1.29, 1.82) is 0 Å². The molecule has 0 aliphatic carbocycles. The van der Waals surface area contributed by atoms with Crippen LogP contribution in [0.25, 0.3) is 0 Å². The lowest BCUT2D eigenvalue weighted by Gasteiger charge is -2.08. The van der Waals surface area contributed by atoms with Gasteiger partial charge in [0.2, 0.25) is 0 Å². The lowest BCUT2D eigenvalue weighted by atomic mass is 10.1. The van der Waals surface area contributed by atoms with Crippen LogP contribution in [-0.4, -0.2) is 6.61 Å². The molecule has 0 fully saturated rings. The predicted octanol–water partition coefficient (Wildman–Crippen LogP) is 3.20. The van der Waals surface area contributed by atoms with Gasteiger partial charge in [-0.3, -0.25) is 0 Å². The fourth-order valence-electron chi connectivity index (χ4n) is 1.68. The number of nitrogens with two attached hydrogens (primary N) is 1. The van der Waals surface area contributed by atoms with Gasteiger partial charge in [0.15, 0.2) is 0 Å². The number of anilines is 1. The van der Waals surface area contributed by atoms with Crippen LogP contribution >= 0.6 is 0 Å². The molecule has 88 valence electrons. The second-order valence-corrected chi connectivity index (χ2v) is 4.11. The van der Waals surface area contributed by atoms with Crippen molar-refractivity contribution in [3.63, 3.8) is 0 Å². The van der Waals surface area contributed by atoms with Crippen LogP contribution < -0.4 is 10.5 Å². The lowest BCUT2D eigenvalue weighted by Crippen LogP contribution is -2.03. The molecule has 17 heavy (non-hydrogen) atoms. The summed E-state index contributed by atoms with van der Waals surface area (Å²) in [5.41, 5.74) is 9.08. The van der Waals surface area contributed by atoms with Crippen molar-refractivity contribution in [3.05, 3.63) is 59.7 Å². The van der Waals surface area contributed by atoms with Crippen molar-refractivity contribution in [3.8, 4) is 5.75 Å². The van der Waals surface area contributed by atoms with Gasteiger partial charge in [-0.25, -0.2) is 0 Å². The normalized spacial score (nSPS) is 10.2. The Morgan fingerprint density at radius 3 is 2.41 bits per heavy atom. The number of para-hydroxylation sites is 1. The third kappa shape index (κ3) is 3.25. The number of aryl methyl sites for hydroxylation is 1. The molecule has 0 saturated heterocycles. The first-order chi connectivity index (χ1) is 8.25. The van der Waals surface area contributed by atoms with E-state index in [0.29, 0.717) is 6.61 Å². The molecule has 2 heteroatoms. The van der Waals surface area contributed by atoms with Crippen LogP contribution in [0.1, 0.15) is 11.1 Å². The highest BCUT2D eigenvalue weighted by Crippen LogP contribution is 2.14. The fourth-order valence-corrected chi connectivity index (χ4v) is 1.68. The van der Waals surface area contributed by atoms with Crippen LogP contribution in [0.5, 0.6) is 5.75 Å². The Bertz CT molecular complexity index is 477. The van der Waals surface area contributed by atoms with Gasteiger partial charge >= 0.3 is 0 Å². The zero-order valence-electron chi connectivity index (χ0n) is 10.0. The van der Waals surface area contributed by atoms with E-state index in [0.717, 1.165) is 23.4 Å². The van der Waals surface area contributed by atoms with E-state index in [1.165, 1.54) is 5.56 Å². The van der Waals surface area contributed by atoms with E-state index in [-0.39, 0.29) is 0 Å². The van der Waals surface area contributed by atoms with Crippen LogP contribution in [0.15, 0.2) is 48.5 Å². The van der Waals surface area contributed by atoms with E-state index in [1.807, 2.05) is 48.5 Å². The lowest BCUT2D eigenvalue weighted by molar-refractivity contribution is 0.322. The van der Waals surface area contributed by atoms with Gasteiger partial charge in [0.25, 0.3) is 0 Å². The molecule has 0 aliphatic rings. The second kappa shape index (κ2) is 5.39. The summed E-state index contributed by atoms with van der Waals surface area (Å²) in [7, 11) is 0. The second-order valence-electron chi connectivity index (χ2n) is 4.11. The molecule has 0 unspecified atom stereocenters. The van der Waals surface area contributed by atoms with Crippen molar-refractivity contribution in [1.82, 2.24) is 0 Å². The van der Waals surface area contributed by atoms with Crippen LogP contribution in [0.3, 0.4) is 0 Å². The molecular formula is C15H17NO. The zero-order valence-corrected chi connectivity index (χ0v) is 10.0. The van der Waals surface area contributed by atoms with Crippen molar-refractivity contribution >= 4 is 5.69 Å². The average molecular weight is 227 g/mol. The summed E-state index contributed by atoms with van der Waals surface area (Å²) in [6.45, 7) is 2.71. The summed E-state index contributed by atoms with van der Waals surface area (Å²) in [5.74, 6) is 0.908. The van der Waals surface area contributed by atoms with Gasteiger partial charge < -0.3 is 10.5 Å². The number of hydrogen-bond donors (Lipinski definition) is 1. The van der Waals surface area contributed by atoms with Crippen LogP contribution in [0.2, 0.25) is 0 Å². The Labute approximate surface area is 102 Å². The molecule has 0 amide bonds. The first-order valence-corrected chi connectivity index (χ1v) is 5.78. The molecule has 0 atom stereocenters. The van der Waals surface area contributed by atoms with Gasteiger partial charge in [-0.2, -0.15) is 0 Å². The van der Waals surface area contributed by atoms with E-state index in [1.54, 1.807) is 0 Å². The molecular weight excluding hydrogens is 210 g/mol. The maximum atomic E-state index is 5.86. The summed E-state index contributed by atoms with van der Waals surface area (Å²) in [6, 6.07) is 16.0. The minimum Gasteiger partial charge on any atom is -0.493 e. The molecule has 0 heterocycles. The Morgan fingerprint density at radius 1 is 1.00 bits per heavy atom. The van der Waals surface area contributed by atoms with Crippen molar-refractivity contribution in [2.75, 3.05) is 12.3 Å². The molecule has 0 saturated carbocycles. The number of rotatable bonds is 4. The molecule has 0 aromatic heterocycles. The van der Waals surface area contributed by atoms with Gasteiger partial charge in [0.05, 0.1) is 6.61 Å². The number of benzene rings is 2. The highest BCUT2D eigenvalue weighted by molar-refractivity contribution is 5.46. The molecule has 2 nitrogen and oxygen atoms in total. The van der Waals surface area contributed by atoms with E-state index in [2.05, 4.69) is 6.92 Å². The van der Waals surface area contributed by atoms with Crippen LogP contribution in [-0.2, 0) is 6.42 Å². The Kier molecular flexibility index (Phi) is 3.66. The largest absolute Gasteiger partial charge is 0.493 e. The minimum atomic E-state index is 0.650. The maximum Gasteiger partial charge on any atom is 0.119 e. The van der Waals surface area contributed by atoms with Crippen LogP contribution in [0.4, 0.5) is 5.69 Å². The molecule has 0 radical (unpaired) electrons. The minimum absolute atomic E-state index is 0.650. The number of nitrogen functional groups attached to an aromatic ring is 1. The van der Waals surface area contributed by atoms with Gasteiger partial charge in [-0.05, 0) is 30.7 Å². The zero-order chi connectivity index (χ0) is 12.1. The summed E-state index contributed by atoms with van der Waals surface area (Å²) in [4.78, 5) is 0. The van der Waals surface area contributed by atoms with Crippen molar-refractivity contribution in [2.24, 2.45) is 0 Å². The standard InChI is InChI=1S/C15H17NO/c1-12-6-8-14(9-7-12)17-11-10-13-4-2-3-5-15(13)16/h2-9H,10-11,16H2,1H3.